The van der Waals surface area contributed by atoms with E-state index in [0.717, 1.165) is 32.0 Å². The average molecular weight is 281 g/mol. The molecule has 1 saturated carbocycles. The lowest BCUT2D eigenvalue weighted by Crippen LogP contribution is -2.45. The Labute approximate surface area is 121 Å². The third-order valence-electron chi connectivity index (χ3n) is 4.59. The van der Waals surface area contributed by atoms with Crippen LogP contribution in [0.3, 0.4) is 0 Å². The van der Waals surface area contributed by atoms with Crippen molar-refractivity contribution >= 4 is 11.8 Å². The molecule has 2 N–H and O–H groups in total. The summed E-state index contributed by atoms with van der Waals surface area (Å²) in [6.07, 6.45) is 7.75. The second kappa shape index (κ2) is 7.62. The van der Waals surface area contributed by atoms with Crippen LogP contribution in [0.5, 0.6) is 0 Å². The molecule has 2 fully saturated rings. The Bertz CT molecular complexity index is 332. The molecule has 2 aliphatic rings. The van der Waals surface area contributed by atoms with E-state index in [-0.39, 0.29) is 0 Å². The number of nitrogens with zero attached hydrogens (tertiary/aromatic N) is 1. The number of carbonyl (C=O) groups is 2. The summed E-state index contributed by atoms with van der Waals surface area (Å²) in [6.45, 7) is 5.23. The molecule has 1 saturated heterocycles. The van der Waals surface area contributed by atoms with E-state index in [1.54, 1.807) is 0 Å². The summed E-state index contributed by atoms with van der Waals surface area (Å²) in [6, 6.07) is 0.806. The van der Waals surface area contributed by atoms with E-state index < -0.39 is 11.8 Å². The Morgan fingerprint density at radius 1 is 1.00 bits per heavy atom. The Balaban J connectivity index is 1.64. The van der Waals surface area contributed by atoms with E-state index in [0.29, 0.717) is 19.0 Å². The molecule has 0 aromatic heterocycles. The lowest BCUT2D eigenvalue weighted by molar-refractivity contribution is -0.139. The second-order valence-corrected chi connectivity index (χ2v) is 5.99. The fraction of sp³-hybridized carbons (Fsp3) is 0.867. The molecule has 114 valence electrons. The van der Waals surface area contributed by atoms with E-state index >= 15 is 0 Å². The van der Waals surface area contributed by atoms with Gasteiger partial charge in [-0.2, -0.15) is 0 Å². The fourth-order valence-electron chi connectivity index (χ4n) is 3.35. The number of nitrogens with one attached hydrogen (secondary N) is 2. The summed E-state index contributed by atoms with van der Waals surface area (Å²) in [5.74, 6) is -0.494. The molecular weight excluding hydrogens is 254 g/mol. The standard InChI is InChI=1S/C15H27N3O2/c1-2-16-14(19)15(20)17-11-12-7-9-18(10-8-12)13-5-3-4-6-13/h12-13H,2-11H2,1H3,(H,16,19)(H,17,20). The first-order valence-corrected chi connectivity index (χ1v) is 8.00. The summed E-state index contributed by atoms with van der Waals surface area (Å²) in [5.41, 5.74) is 0. The van der Waals surface area contributed by atoms with Gasteiger partial charge in [0.15, 0.2) is 0 Å². The van der Waals surface area contributed by atoms with Crippen LogP contribution in [0.15, 0.2) is 0 Å². The predicted molar refractivity (Wildman–Crippen MR) is 78.2 cm³/mol. The van der Waals surface area contributed by atoms with Gasteiger partial charge in [0.2, 0.25) is 0 Å². The number of likely N-dealkylation sites (tertiary alicyclic amines) is 1. The van der Waals surface area contributed by atoms with E-state index in [1.807, 2.05) is 6.92 Å². The molecule has 2 amide bonds. The van der Waals surface area contributed by atoms with E-state index in [2.05, 4.69) is 15.5 Å². The molecule has 0 aromatic rings. The zero-order chi connectivity index (χ0) is 14.4. The van der Waals surface area contributed by atoms with Gasteiger partial charge in [-0.1, -0.05) is 12.8 Å². The number of rotatable bonds is 4. The van der Waals surface area contributed by atoms with Crippen molar-refractivity contribution in [3.63, 3.8) is 0 Å². The minimum absolute atomic E-state index is 0.492. The largest absolute Gasteiger partial charge is 0.348 e. The van der Waals surface area contributed by atoms with Crippen LogP contribution in [-0.4, -0.2) is 48.9 Å². The predicted octanol–water partition coefficient (Wildman–Crippen LogP) is 0.893. The molecule has 5 nitrogen and oxygen atoms in total. The minimum atomic E-state index is -0.518. The van der Waals surface area contributed by atoms with Crippen LogP contribution in [0.25, 0.3) is 0 Å². The summed E-state index contributed by atoms with van der Waals surface area (Å²) in [7, 11) is 0. The van der Waals surface area contributed by atoms with Gasteiger partial charge in [0.1, 0.15) is 0 Å². The molecule has 1 aliphatic heterocycles. The summed E-state index contributed by atoms with van der Waals surface area (Å²) >= 11 is 0. The number of likely N-dealkylation sites (N-methyl/N-ethyl adjacent to an activating group) is 1. The van der Waals surface area contributed by atoms with Crippen molar-refractivity contribution in [2.45, 2.75) is 51.5 Å². The number of hydrogen-bond donors (Lipinski definition) is 2. The zero-order valence-corrected chi connectivity index (χ0v) is 12.5. The Morgan fingerprint density at radius 2 is 1.60 bits per heavy atom. The van der Waals surface area contributed by atoms with Gasteiger partial charge < -0.3 is 15.5 Å². The molecule has 0 spiro atoms. The van der Waals surface area contributed by atoms with Gasteiger partial charge in [-0.15, -0.1) is 0 Å². The molecule has 0 unspecified atom stereocenters. The third kappa shape index (κ3) is 4.20. The summed E-state index contributed by atoms with van der Waals surface area (Å²) in [5, 5.41) is 5.27. The molecular formula is C15H27N3O2. The van der Waals surface area contributed by atoms with Crippen molar-refractivity contribution in [3.05, 3.63) is 0 Å². The van der Waals surface area contributed by atoms with Crippen LogP contribution in [0, 0.1) is 5.92 Å². The number of carbonyl (C=O) groups excluding carboxylic acids is 2. The normalized spacial score (nSPS) is 21.9. The van der Waals surface area contributed by atoms with Crippen LogP contribution in [-0.2, 0) is 9.59 Å². The van der Waals surface area contributed by atoms with Crippen molar-refractivity contribution in [1.82, 2.24) is 15.5 Å². The first kappa shape index (κ1) is 15.3. The molecule has 20 heavy (non-hydrogen) atoms. The maximum atomic E-state index is 11.5. The lowest BCUT2D eigenvalue weighted by Gasteiger charge is -2.36. The van der Waals surface area contributed by atoms with Gasteiger partial charge in [0.05, 0.1) is 0 Å². The van der Waals surface area contributed by atoms with Crippen LogP contribution < -0.4 is 10.6 Å². The monoisotopic (exact) mass is 281 g/mol. The molecule has 0 atom stereocenters. The van der Waals surface area contributed by atoms with Gasteiger partial charge in [-0.25, -0.2) is 0 Å². The highest BCUT2D eigenvalue weighted by molar-refractivity contribution is 6.35. The molecule has 0 aromatic carbocycles. The van der Waals surface area contributed by atoms with Crippen LogP contribution >= 0.6 is 0 Å². The van der Waals surface area contributed by atoms with Gasteiger partial charge in [-0.05, 0) is 51.6 Å². The van der Waals surface area contributed by atoms with Gasteiger partial charge in [0.25, 0.3) is 0 Å². The van der Waals surface area contributed by atoms with E-state index in [4.69, 9.17) is 0 Å². The van der Waals surface area contributed by atoms with Crippen molar-refractivity contribution in [2.75, 3.05) is 26.2 Å². The van der Waals surface area contributed by atoms with Gasteiger partial charge in [0, 0.05) is 19.1 Å². The van der Waals surface area contributed by atoms with Crippen molar-refractivity contribution in [1.29, 1.82) is 0 Å². The summed E-state index contributed by atoms with van der Waals surface area (Å²) < 4.78 is 0. The first-order valence-electron chi connectivity index (χ1n) is 8.00. The average Bonchev–Trinajstić information content (AvgIpc) is 2.99. The molecule has 1 aliphatic carbocycles. The maximum absolute atomic E-state index is 11.5. The Kier molecular flexibility index (Phi) is 5.83. The highest BCUT2D eigenvalue weighted by Gasteiger charge is 2.27. The smallest absolute Gasteiger partial charge is 0.309 e. The molecule has 0 bridgehead atoms. The molecule has 1 heterocycles. The van der Waals surface area contributed by atoms with E-state index in [9.17, 15) is 9.59 Å². The SMILES string of the molecule is CCNC(=O)C(=O)NCC1CCN(C2CCCC2)CC1. The van der Waals surface area contributed by atoms with Crippen LogP contribution in [0.2, 0.25) is 0 Å². The maximum Gasteiger partial charge on any atom is 0.309 e. The fourth-order valence-corrected chi connectivity index (χ4v) is 3.35. The minimum Gasteiger partial charge on any atom is -0.348 e. The van der Waals surface area contributed by atoms with Gasteiger partial charge >= 0.3 is 11.8 Å². The Morgan fingerprint density at radius 3 is 2.20 bits per heavy atom. The van der Waals surface area contributed by atoms with Gasteiger partial charge in [-0.3, -0.25) is 9.59 Å². The zero-order valence-electron chi connectivity index (χ0n) is 12.5. The van der Waals surface area contributed by atoms with Crippen molar-refractivity contribution < 1.29 is 9.59 Å². The van der Waals surface area contributed by atoms with Crippen molar-refractivity contribution in [3.8, 4) is 0 Å². The topological polar surface area (TPSA) is 61.4 Å². The number of hydrogen-bond acceptors (Lipinski definition) is 3. The second-order valence-electron chi connectivity index (χ2n) is 5.99. The van der Waals surface area contributed by atoms with Crippen molar-refractivity contribution in [2.24, 2.45) is 5.92 Å². The quantitative estimate of drug-likeness (QED) is 0.753. The van der Waals surface area contributed by atoms with Crippen LogP contribution in [0.1, 0.15) is 45.4 Å². The van der Waals surface area contributed by atoms with Crippen LogP contribution in [0.4, 0.5) is 0 Å². The summed E-state index contributed by atoms with van der Waals surface area (Å²) in [4.78, 5) is 25.4. The third-order valence-corrected chi connectivity index (χ3v) is 4.59. The first-order chi connectivity index (χ1) is 9.70. The number of piperidine rings is 1. The Hall–Kier alpha value is -1.10. The molecule has 2 rings (SSSR count). The highest BCUT2D eigenvalue weighted by atomic mass is 16.2. The van der Waals surface area contributed by atoms with E-state index in [1.165, 1.54) is 25.7 Å². The molecule has 0 radical (unpaired) electrons. The molecule has 5 heteroatoms. The highest BCUT2D eigenvalue weighted by Crippen LogP contribution is 2.27. The number of amides is 2. The lowest BCUT2D eigenvalue weighted by atomic mass is 9.95.